The van der Waals surface area contributed by atoms with Crippen molar-refractivity contribution in [2.24, 2.45) is 5.92 Å². The SMILES string of the molecule is COC[C@H]1COC[C@H]1n1cnc2ccc(C(=O)O)cc21. The van der Waals surface area contributed by atoms with E-state index in [1.807, 2.05) is 4.57 Å². The Morgan fingerprint density at radius 1 is 1.55 bits per heavy atom. The van der Waals surface area contributed by atoms with E-state index in [4.69, 9.17) is 14.6 Å². The van der Waals surface area contributed by atoms with E-state index in [2.05, 4.69) is 4.98 Å². The number of methoxy groups -OCH3 is 1. The molecule has 1 aromatic carbocycles. The minimum Gasteiger partial charge on any atom is -0.478 e. The van der Waals surface area contributed by atoms with Gasteiger partial charge in [0, 0.05) is 13.0 Å². The van der Waals surface area contributed by atoms with Gasteiger partial charge in [0.15, 0.2) is 0 Å². The van der Waals surface area contributed by atoms with Crippen molar-refractivity contribution in [1.29, 1.82) is 0 Å². The van der Waals surface area contributed by atoms with Gasteiger partial charge in [0.2, 0.25) is 0 Å². The number of aromatic carboxylic acids is 1. The predicted octanol–water partition coefficient (Wildman–Crippen LogP) is 1.57. The van der Waals surface area contributed by atoms with Gasteiger partial charge in [-0.25, -0.2) is 9.78 Å². The monoisotopic (exact) mass is 276 g/mol. The van der Waals surface area contributed by atoms with Crippen LogP contribution in [0.2, 0.25) is 0 Å². The topological polar surface area (TPSA) is 73.6 Å². The first-order valence-corrected chi connectivity index (χ1v) is 6.47. The lowest BCUT2D eigenvalue weighted by Gasteiger charge is -2.19. The molecule has 2 aromatic rings. The highest BCUT2D eigenvalue weighted by atomic mass is 16.5. The van der Waals surface area contributed by atoms with Gasteiger partial charge in [-0.1, -0.05) is 0 Å². The summed E-state index contributed by atoms with van der Waals surface area (Å²) in [4.78, 5) is 15.4. The average Bonchev–Trinajstić information content (AvgIpc) is 3.04. The van der Waals surface area contributed by atoms with Crippen LogP contribution in [0.4, 0.5) is 0 Å². The van der Waals surface area contributed by atoms with Crippen molar-refractivity contribution in [3.63, 3.8) is 0 Å². The largest absolute Gasteiger partial charge is 0.478 e. The van der Waals surface area contributed by atoms with Gasteiger partial charge >= 0.3 is 5.97 Å². The molecule has 3 rings (SSSR count). The molecular weight excluding hydrogens is 260 g/mol. The number of aromatic nitrogens is 2. The number of benzene rings is 1. The van der Waals surface area contributed by atoms with E-state index in [0.717, 1.165) is 11.0 Å². The van der Waals surface area contributed by atoms with Crippen molar-refractivity contribution in [1.82, 2.24) is 9.55 Å². The van der Waals surface area contributed by atoms with Crippen LogP contribution in [0.25, 0.3) is 11.0 Å². The van der Waals surface area contributed by atoms with Crippen molar-refractivity contribution in [2.75, 3.05) is 26.9 Å². The van der Waals surface area contributed by atoms with Gasteiger partial charge in [-0.05, 0) is 18.2 Å². The fraction of sp³-hybridized carbons (Fsp3) is 0.429. The Kier molecular flexibility index (Phi) is 3.42. The van der Waals surface area contributed by atoms with Gasteiger partial charge in [-0.15, -0.1) is 0 Å². The fourth-order valence-corrected chi connectivity index (χ4v) is 2.69. The maximum Gasteiger partial charge on any atom is 0.335 e. The Hall–Kier alpha value is -1.92. The molecular formula is C14H16N2O4. The molecule has 0 saturated carbocycles. The van der Waals surface area contributed by atoms with Gasteiger partial charge in [-0.2, -0.15) is 0 Å². The lowest BCUT2D eigenvalue weighted by Crippen LogP contribution is -2.21. The molecule has 6 heteroatoms. The second kappa shape index (κ2) is 5.22. The Bertz CT molecular complexity index is 637. The molecule has 2 heterocycles. The lowest BCUT2D eigenvalue weighted by atomic mass is 10.0. The number of carboxylic acids is 1. The van der Waals surface area contributed by atoms with Crippen LogP contribution in [-0.4, -0.2) is 47.6 Å². The summed E-state index contributed by atoms with van der Waals surface area (Å²) in [6, 6.07) is 5.09. The van der Waals surface area contributed by atoms with Crippen LogP contribution in [0.1, 0.15) is 16.4 Å². The van der Waals surface area contributed by atoms with E-state index < -0.39 is 5.97 Å². The van der Waals surface area contributed by atoms with Crippen LogP contribution in [0.5, 0.6) is 0 Å². The van der Waals surface area contributed by atoms with E-state index >= 15 is 0 Å². The minimum absolute atomic E-state index is 0.129. The molecule has 0 aliphatic carbocycles. The Morgan fingerprint density at radius 2 is 2.40 bits per heavy atom. The van der Waals surface area contributed by atoms with E-state index in [1.165, 1.54) is 0 Å². The zero-order chi connectivity index (χ0) is 14.1. The fourth-order valence-electron chi connectivity index (χ4n) is 2.69. The highest BCUT2D eigenvalue weighted by molar-refractivity contribution is 5.92. The Labute approximate surface area is 115 Å². The second-order valence-corrected chi connectivity index (χ2v) is 4.98. The number of rotatable bonds is 4. The molecule has 2 atom stereocenters. The van der Waals surface area contributed by atoms with Gasteiger partial charge in [-0.3, -0.25) is 0 Å². The first-order valence-electron chi connectivity index (χ1n) is 6.47. The summed E-state index contributed by atoms with van der Waals surface area (Å²) in [5.41, 5.74) is 1.88. The summed E-state index contributed by atoms with van der Waals surface area (Å²) in [7, 11) is 1.67. The van der Waals surface area contributed by atoms with Gasteiger partial charge in [0.25, 0.3) is 0 Å². The van der Waals surface area contributed by atoms with E-state index in [1.54, 1.807) is 31.6 Å². The summed E-state index contributed by atoms with van der Waals surface area (Å²) >= 11 is 0. The maximum absolute atomic E-state index is 11.1. The van der Waals surface area contributed by atoms with Crippen LogP contribution in [0.3, 0.4) is 0 Å². The zero-order valence-corrected chi connectivity index (χ0v) is 11.2. The molecule has 0 radical (unpaired) electrons. The first-order chi connectivity index (χ1) is 9.70. The average molecular weight is 276 g/mol. The lowest BCUT2D eigenvalue weighted by molar-refractivity contribution is 0.0697. The van der Waals surface area contributed by atoms with E-state index in [-0.39, 0.29) is 17.5 Å². The third-order valence-corrected chi connectivity index (χ3v) is 3.72. The maximum atomic E-state index is 11.1. The Balaban J connectivity index is 2.02. The molecule has 6 nitrogen and oxygen atoms in total. The van der Waals surface area contributed by atoms with Crippen LogP contribution >= 0.6 is 0 Å². The van der Waals surface area contributed by atoms with Crippen molar-refractivity contribution in [3.8, 4) is 0 Å². The minimum atomic E-state index is -0.934. The van der Waals surface area contributed by atoms with Crippen molar-refractivity contribution >= 4 is 17.0 Å². The number of carboxylic acid groups (broad SMARTS) is 1. The van der Waals surface area contributed by atoms with Crippen molar-refractivity contribution < 1.29 is 19.4 Å². The summed E-state index contributed by atoms with van der Waals surface area (Å²) < 4.78 is 12.7. The highest BCUT2D eigenvalue weighted by Crippen LogP contribution is 2.29. The third kappa shape index (κ3) is 2.17. The summed E-state index contributed by atoms with van der Waals surface area (Å²) in [5.74, 6) is -0.679. The number of imidazole rings is 1. The number of ether oxygens (including phenoxy) is 2. The number of hydrogen-bond acceptors (Lipinski definition) is 4. The molecule has 1 aliphatic rings. The molecule has 106 valence electrons. The Morgan fingerprint density at radius 3 is 3.15 bits per heavy atom. The van der Waals surface area contributed by atoms with Crippen molar-refractivity contribution in [3.05, 3.63) is 30.1 Å². The molecule has 20 heavy (non-hydrogen) atoms. The van der Waals surface area contributed by atoms with Gasteiger partial charge in [0.05, 0.1) is 48.8 Å². The molecule has 1 N–H and O–H groups in total. The third-order valence-electron chi connectivity index (χ3n) is 3.72. The molecule has 0 amide bonds. The predicted molar refractivity (Wildman–Crippen MR) is 71.9 cm³/mol. The van der Waals surface area contributed by atoms with E-state index in [9.17, 15) is 4.79 Å². The molecule has 0 spiro atoms. The van der Waals surface area contributed by atoms with E-state index in [0.29, 0.717) is 19.8 Å². The second-order valence-electron chi connectivity index (χ2n) is 4.98. The van der Waals surface area contributed by atoms with Crippen LogP contribution < -0.4 is 0 Å². The summed E-state index contributed by atoms with van der Waals surface area (Å²) in [6.45, 7) is 1.86. The van der Waals surface area contributed by atoms with Crippen LogP contribution in [-0.2, 0) is 9.47 Å². The molecule has 0 unspecified atom stereocenters. The van der Waals surface area contributed by atoms with Crippen molar-refractivity contribution in [2.45, 2.75) is 6.04 Å². The standard InChI is InChI=1S/C14H16N2O4/c1-19-5-10-6-20-7-13(10)16-8-15-11-3-2-9(14(17)18)4-12(11)16/h2-4,8,10,13H,5-7H2,1H3,(H,17,18)/t10-,13+/m0/s1. The quantitative estimate of drug-likeness (QED) is 0.917. The number of fused-ring (bicyclic) bond motifs is 1. The van der Waals surface area contributed by atoms with Gasteiger partial charge in [0.1, 0.15) is 0 Å². The number of nitrogens with zero attached hydrogens (tertiary/aromatic N) is 2. The van der Waals surface area contributed by atoms with Crippen LogP contribution in [0.15, 0.2) is 24.5 Å². The molecule has 1 fully saturated rings. The molecule has 1 saturated heterocycles. The van der Waals surface area contributed by atoms with Gasteiger partial charge < -0.3 is 19.1 Å². The molecule has 0 bridgehead atoms. The first kappa shape index (κ1) is 13.1. The molecule has 1 aromatic heterocycles. The normalized spacial score (nSPS) is 22.4. The highest BCUT2D eigenvalue weighted by Gasteiger charge is 2.30. The van der Waals surface area contributed by atoms with Crippen LogP contribution in [0, 0.1) is 5.92 Å². The molecule has 1 aliphatic heterocycles. The summed E-state index contributed by atoms with van der Waals surface area (Å²) in [5, 5.41) is 9.10. The summed E-state index contributed by atoms with van der Waals surface area (Å²) in [6.07, 6.45) is 1.75. The smallest absolute Gasteiger partial charge is 0.335 e. The number of carbonyl (C=O) groups is 1. The number of hydrogen-bond donors (Lipinski definition) is 1. The zero-order valence-electron chi connectivity index (χ0n) is 11.2.